The van der Waals surface area contributed by atoms with Crippen LogP contribution in [0.3, 0.4) is 0 Å². The number of hydrogen-bond donors (Lipinski definition) is 3. The molecule has 2 aliphatic heterocycles. The van der Waals surface area contributed by atoms with E-state index in [2.05, 4.69) is 16.7 Å². The van der Waals surface area contributed by atoms with Crippen molar-refractivity contribution < 1.29 is 14.4 Å². The summed E-state index contributed by atoms with van der Waals surface area (Å²) in [6.07, 6.45) is 5.43. The molecule has 3 fully saturated rings. The molecule has 2 heterocycles. The lowest BCUT2D eigenvalue weighted by Gasteiger charge is -2.29. The number of rotatable bonds is 4. The number of benzene rings is 1. The second kappa shape index (κ2) is 7.22. The highest BCUT2D eigenvalue weighted by Crippen LogP contribution is 2.43. The first-order valence-corrected chi connectivity index (χ1v) is 10.7. The van der Waals surface area contributed by atoms with Gasteiger partial charge in [0, 0.05) is 37.2 Å². The third-order valence-electron chi connectivity index (χ3n) is 7.24. The van der Waals surface area contributed by atoms with E-state index in [-0.39, 0.29) is 24.1 Å². The minimum Gasteiger partial charge on any atom is -0.328 e. The molecule has 1 aromatic rings. The van der Waals surface area contributed by atoms with E-state index >= 15 is 0 Å². The van der Waals surface area contributed by atoms with Crippen LogP contribution in [0.4, 0.5) is 0 Å². The van der Waals surface area contributed by atoms with Crippen LogP contribution in [0, 0.1) is 11.8 Å². The van der Waals surface area contributed by atoms with Crippen molar-refractivity contribution >= 4 is 17.7 Å². The molecule has 1 aromatic carbocycles. The predicted octanol–water partition coefficient (Wildman–Crippen LogP) is 1.05. The van der Waals surface area contributed by atoms with Gasteiger partial charge in [0.1, 0.15) is 6.04 Å². The Bertz CT molecular complexity index is 856. The molecule has 0 radical (unpaired) electrons. The standard InChI is InChI=1S/C22H28N4O3/c23-16-6-13-8-17(9-14(13)7-16)24-10-12-1-2-18-15(5-12)11-26(22(18)29)19-3-4-20(27)25-21(19)28/h1-2,5,13-14,16-17,19,24H,3-4,6-11,23H2,(H,25,27,28)/t13-,14+,16?,17?,19?. The highest BCUT2D eigenvalue weighted by Gasteiger charge is 2.41. The van der Waals surface area contributed by atoms with Crippen LogP contribution in [0.5, 0.6) is 0 Å². The number of nitrogens with one attached hydrogen (secondary N) is 2. The van der Waals surface area contributed by atoms with Gasteiger partial charge in [-0.05, 0) is 61.1 Å². The number of hydrogen-bond acceptors (Lipinski definition) is 5. The molecule has 4 N–H and O–H groups in total. The lowest BCUT2D eigenvalue weighted by atomic mass is 10.0. The Morgan fingerprint density at radius 1 is 1.10 bits per heavy atom. The van der Waals surface area contributed by atoms with Crippen molar-refractivity contribution in [2.75, 3.05) is 0 Å². The monoisotopic (exact) mass is 396 g/mol. The van der Waals surface area contributed by atoms with E-state index in [9.17, 15) is 14.4 Å². The molecule has 3 amide bonds. The van der Waals surface area contributed by atoms with Crippen molar-refractivity contribution in [1.82, 2.24) is 15.5 Å². The number of carbonyl (C=O) groups excluding carboxylic acids is 3. The van der Waals surface area contributed by atoms with Gasteiger partial charge in [-0.3, -0.25) is 19.7 Å². The first-order valence-electron chi connectivity index (χ1n) is 10.7. The maximum Gasteiger partial charge on any atom is 0.255 e. The smallest absolute Gasteiger partial charge is 0.255 e. The lowest BCUT2D eigenvalue weighted by molar-refractivity contribution is -0.136. The Hall–Kier alpha value is -2.25. The Kier molecular flexibility index (Phi) is 4.67. The molecular weight excluding hydrogens is 368 g/mol. The zero-order valence-electron chi connectivity index (χ0n) is 16.5. The molecule has 0 aromatic heterocycles. The zero-order chi connectivity index (χ0) is 20.1. The van der Waals surface area contributed by atoms with Crippen molar-refractivity contribution in [2.45, 2.75) is 69.7 Å². The van der Waals surface area contributed by atoms with Crippen molar-refractivity contribution in [3.05, 3.63) is 34.9 Å². The first-order chi connectivity index (χ1) is 14.0. The van der Waals surface area contributed by atoms with Crippen LogP contribution in [0.1, 0.15) is 60.0 Å². The Balaban J connectivity index is 1.21. The summed E-state index contributed by atoms with van der Waals surface area (Å²) in [7, 11) is 0. The molecule has 0 spiro atoms. The fourth-order valence-electron chi connectivity index (χ4n) is 5.83. The van der Waals surface area contributed by atoms with E-state index in [1.807, 2.05) is 12.1 Å². The molecular formula is C22H28N4O3. The van der Waals surface area contributed by atoms with Crippen molar-refractivity contribution in [3.63, 3.8) is 0 Å². The van der Waals surface area contributed by atoms with E-state index in [4.69, 9.17) is 5.73 Å². The fraction of sp³-hybridized carbons (Fsp3) is 0.591. The van der Waals surface area contributed by atoms with E-state index < -0.39 is 6.04 Å². The summed E-state index contributed by atoms with van der Waals surface area (Å²) in [5, 5.41) is 6.04. The van der Waals surface area contributed by atoms with Gasteiger partial charge < -0.3 is 16.0 Å². The second-order valence-electron chi connectivity index (χ2n) is 9.19. The van der Waals surface area contributed by atoms with Gasteiger partial charge >= 0.3 is 0 Å². The van der Waals surface area contributed by atoms with E-state index in [1.165, 1.54) is 25.7 Å². The molecule has 7 nitrogen and oxygen atoms in total. The number of nitrogens with two attached hydrogens (primary N) is 1. The van der Waals surface area contributed by atoms with Crippen LogP contribution in [0.25, 0.3) is 0 Å². The van der Waals surface area contributed by atoms with Crippen LogP contribution >= 0.6 is 0 Å². The minimum atomic E-state index is -0.557. The van der Waals surface area contributed by atoms with Crippen LogP contribution in [0.15, 0.2) is 18.2 Å². The lowest BCUT2D eigenvalue weighted by Crippen LogP contribution is -2.52. The Morgan fingerprint density at radius 2 is 1.86 bits per heavy atom. The van der Waals surface area contributed by atoms with Gasteiger partial charge in [-0.1, -0.05) is 12.1 Å². The number of fused-ring (bicyclic) bond motifs is 2. The Morgan fingerprint density at radius 3 is 2.59 bits per heavy atom. The van der Waals surface area contributed by atoms with Gasteiger partial charge in [0.15, 0.2) is 0 Å². The number of amides is 3. The van der Waals surface area contributed by atoms with Gasteiger partial charge in [-0.2, -0.15) is 0 Å². The minimum absolute atomic E-state index is 0.117. The molecule has 5 atom stereocenters. The number of nitrogens with zero attached hydrogens (tertiary/aromatic N) is 1. The maximum absolute atomic E-state index is 12.8. The molecule has 154 valence electrons. The second-order valence-corrected chi connectivity index (χ2v) is 9.19. The maximum atomic E-state index is 12.8. The van der Waals surface area contributed by atoms with E-state index in [0.29, 0.717) is 30.6 Å². The quantitative estimate of drug-likeness (QED) is 0.660. The third kappa shape index (κ3) is 3.46. The van der Waals surface area contributed by atoms with Crippen molar-refractivity contribution in [1.29, 1.82) is 0 Å². The topological polar surface area (TPSA) is 105 Å². The molecule has 0 bridgehead atoms. The highest BCUT2D eigenvalue weighted by atomic mass is 16.2. The summed E-state index contributed by atoms with van der Waals surface area (Å²) < 4.78 is 0. The molecule has 2 aliphatic carbocycles. The SMILES string of the molecule is NC1C[C@@H]2CC(NCc3ccc4c(c3)CN(C3CCC(=O)NC3=O)C4=O)C[C@@H]2C1. The molecule has 3 unspecified atom stereocenters. The largest absolute Gasteiger partial charge is 0.328 e. The normalized spacial score (nSPS) is 33.8. The fourth-order valence-corrected chi connectivity index (χ4v) is 5.83. The zero-order valence-corrected chi connectivity index (χ0v) is 16.5. The summed E-state index contributed by atoms with van der Waals surface area (Å²) in [6, 6.07) is 6.35. The third-order valence-corrected chi connectivity index (χ3v) is 7.24. The predicted molar refractivity (Wildman–Crippen MR) is 107 cm³/mol. The average Bonchev–Trinajstić information content (AvgIpc) is 3.31. The summed E-state index contributed by atoms with van der Waals surface area (Å²) in [4.78, 5) is 37.9. The van der Waals surface area contributed by atoms with Crippen LogP contribution in [0.2, 0.25) is 0 Å². The van der Waals surface area contributed by atoms with Gasteiger partial charge in [-0.25, -0.2) is 0 Å². The number of piperidine rings is 1. The first kappa shape index (κ1) is 18.8. The number of imide groups is 1. The Labute approximate surface area is 170 Å². The molecule has 2 saturated carbocycles. The van der Waals surface area contributed by atoms with E-state index in [0.717, 1.165) is 29.5 Å². The summed E-state index contributed by atoms with van der Waals surface area (Å²) in [6.45, 7) is 1.22. The van der Waals surface area contributed by atoms with Gasteiger partial charge in [0.05, 0.1) is 0 Å². The summed E-state index contributed by atoms with van der Waals surface area (Å²) in [5.41, 5.74) is 8.88. The summed E-state index contributed by atoms with van der Waals surface area (Å²) >= 11 is 0. The number of carbonyl (C=O) groups is 3. The molecule has 5 rings (SSSR count). The van der Waals surface area contributed by atoms with Crippen molar-refractivity contribution in [2.24, 2.45) is 17.6 Å². The molecule has 29 heavy (non-hydrogen) atoms. The van der Waals surface area contributed by atoms with Crippen LogP contribution in [-0.2, 0) is 22.7 Å². The van der Waals surface area contributed by atoms with Crippen molar-refractivity contribution in [3.8, 4) is 0 Å². The highest BCUT2D eigenvalue weighted by molar-refractivity contribution is 6.05. The van der Waals surface area contributed by atoms with Crippen LogP contribution < -0.4 is 16.4 Å². The summed E-state index contributed by atoms with van der Waals surface area (Å²) in [5.74, 6) is 0.816. The van der Waals surface area contributed by atoms with Gasteiger partial charge in [0.2, 0.25) is 11.8 Å². The van der Waals surface area contributed by atoms with Crippen LogP contribution in [-0.4, -0.2) is 40.7 Å². The average molecular weight is 396 g/mol. The van der Waals surface area contributed by atoms with Gasteiger partial charge in [0.25, 0.3) is 5.91 Å². The van der Waals surface area contributed by atoms with Gasteiger partial charge in [-0.15, -0.1) is 0 Å². The molecule has 7 heteroatoms. The van der Waals surface area contributed by atoms with E-state index in [1.54, 1.807) is 4.90 Å². The molecule has 4 aliphatic rings. The molecule has 1 saturated heterocycles.